The second-order valence-electron chi connectivity index (χ2n) is 5.23. The highest BCUT2D eigenvalue weighted by Crippen LogP contribution is 2.24. The Bertz CT molecular complexity index is 879. The first kappa shape index (κ1) is 17.1. The molecule has 0 amide bonds. The first-order valence-corrected chi connectivity index (χ1v) is 7.92. The molecule has 0 aliphatic carbocycles. The van der Waals surface area contributed by atoms with Crippen molar-refractivity contribution in [2.24, 2.45) is 0 Å². The summed E-state index contributed by atoms with van der Waals surface area (Å²) in [7, 11) is 3.15. The summed E-state index contributed by atoms with van der Waals surface area (Å²) < 4.78 is 6.38. The van der Waals surface area contributed by atoms with Crippen molar-refractivity contribution in [2.75, 3.05) is 14.2 Å². The van der Waals surface area contributed by atoms with Crippen molar-refractivity contribution in [3.63, 3.8) is 0 Å². The number of nitrogens with zero attached hydrogens (tertiary/aromatic N) is 4. The lowest BCUT2D eigenvalue weighted by molar-refractivity contribution is 0.0600. The van der Waals surface area contributed by atoms with Crippen molar-refractivity contribution in [2.45, 2.75) is 6.04 Å². The Morgan fingerprint density at radius 3 is 2.60 bits per heavy atom. The number of benzene rings is 2. The summed E-state index contributed by atoms with van der Waals surface area (Å²) >= 11 is 5.97. The number of hydrogen-bond acceptors (Lipinski definition) is 6. The van der Waals surface area contributed by atoms with E-state index < -0.39 is 5.97 Å². The third kappa shape index (κ3) is 3.38. The smallest absolute Gasteiger partial charge is 0.340 e. The van der Waals surface area contributed by atoms with Crippen LogP contribution >= 0.6 is 11.6 Å². The van der Waals surface area contributed by atoms with Crippen molar-refractivity contribution in [1.29, 1.82) is 0 Å². The van der Waals surface area contributed by atoms with E-state index in [2.05, 4.69) is 20.8 Å². The predicted octanol–water partition coefficient (Wildman–Crippen LogP) is 2.41. The second kappa shape index (κ2) is 7.42. The number of para-hydroxylation sites is 1. The summed E-state index contributed by atoms with van der Waals surface area (Å²) in [6.45, 7) is 0. The zero-order valence-electron chi connectivity index (χ0n) is 13.7. The minimum absolute atomic E-state index is 0.280. The van der Waals surface area contributed by atoms with Crippen LogP contribution in [0.2, 0.25) is 5.02 Å². The van der Waals surface area contributed by atoms with E-state index in [4.69, 9.17) is 16.3 Å². The molecule has 0 spiro atoms. The molecule has 0 fully saturated rings. The van der Waals surface area contributed by atoms with E-state index in [0.29, 0.717) is 22.1 Å². The molecule has 1 heterocycles. The van der Waals surface area contributed by atoms with Gasteiger partial charge in [0.25, 0.3) is 0 Å². The lowest BCUT2D eigenvalue weighted by Crippen LogP contribution is -2.23. The van der Waals surface area contributed by atoms with Crippen LogP contribution in [0.4, 0.5) is 0 Å². The van der Waals surface area contributed by atoms with Gasteiger partial charge in [-0.15, -0.1) is 5.10 Å². The molecular weight excluding hydrogens is 342 g/mol. The quantitative estimate of drug-likeness (QED) is 0.706. The largest absolute Gasteiger partial charge is 0.465 e. The van der Waals surface area contributed by atoms with E-state index in [1.807, 2.05) is 25.2 Å². The summed E-state index contributed by atoms with van der Waals surface area (Å²) in [5.41, 5.74) is 1.87. The van der Waals surface area contributed by atoms with Crippen LogP contribution < -0.4 is 5.32 Å². The summed E-state index contributed by atoms with van der Waals surface area (Å²) in [4.78, 5) is 12.1. The van der Waals surface area contributed by atoms with Crippen LogP contribution in [0.5, 0.6) is 0 Å². The number of esters is 1. The number of carbonyl (C=O) groups is 1. The van der Waals surface area contributed by atoms with Gasteiger partial charge >= 0.3 is 5.97 Å². The maximum Gasteiger partial charge on any atom is 0.340 e. The number of halogens is 1. The molecule has 2 aromatic carbocycles. The lowest BCUT2D eigenvalue weighted by atomic mass is 10.1. The average molecular weight is 358 g/mol. The third-order valence-corrected chi connectivity index (χ3v) is 4.03. The highest BCUT2D eigenvalue weighted by Gasteiger charge is 2.23. The van der Waals surface area contributed by atoms with Crippen molar-refractivity contribution < 1.29 is 9.53 Å². The standard InChI is InChI=1S/C17H16ClN5O2/c1-19-15(11-7-9-12(18)10-8-11)16-20-21-22-23(16)14-6-4-3-5-13(14)17(24)25-2/h3-10,15,19H,1-2H3/t15-/m1/s1. The zero-order chi connectivity index (χ0) is 17.8. The lowest BCUT2D eigenvalue weighted by Gasteiger charge is -2.17. The summed E-state index contributed by atoms with van der Waals surface area (Å²) in [6.07, 6.45) is 0. The van der Waals surface area contributed by atoms with Gasteiger partial charge in [0, 0.05) is 5.02 Å². The maximum atomic E-state index is 12.1. The van der Waals surface area contributed by atoms with Gasteiger partial charge in [-0.25, -0.2) is 4.79 Å². The average Bonchev–Trinajstić information content (AvgIpc) is 3.12. The van der Waals surface area contributed by atoms with Crippen molar-refractivity contribution >= 4 is 17.6 Å². The van der Waals surface area contributed by atoms with Gasteiger partial charge in [0.05, 0.1) is 24.4 Å². The molecule has 8 heteroatoms. The van der Waals surface area contributed by atoms with Crippen LogP contribution in [0.3, 0.4) is 0 Å². The molecule has 7 nitrogen and oxygen atoms in total. The van der Waals surface area contributed by atoms with Gasteiger partial charge in [-0.1, -0.05) is 35.9 Å². The van der Waals surface area contributed by atoms with Gasteiger partial charge in [-0.05, 0) is 47.3 Å². The number of aromatic nitrogens is 4. The van der Waals surface area contributed by atoms with Gasteiger partial charge in [0.15, 0.2) is 5.82 Å². The number of hydrogen-bond donors (Lipinski definition) is 1. The van der Waals surface area contributed by atoms with E-state index in [1.54, 1.807) is 30.3 Å². The SMILES string of the molecule is CN[C@H](c1ccc(Cl)cc1)c1nnnn1-c1ccccc1C(=O)OC. The second-order valence-corrected chi connectivity index (χ2v) is 5.67. The van der Waals surface area contributed by atoms with Crippen LogP contribution in [-0.4, -0.2) is 40.3 Å². The fourth-order valence-electron chi connectivity index (χ4n) is 2.59. The predicted molar refractivity (Wildman–Crippen MR) is 92.8 cm³/mol. The Labute approximate surface area is 149 Å². The first-order chi connectivity index (χ1) is 12.2. The van der Waals surface area contributed by atoms with Crippen molar-refractivity contribution in [1.82, 2.24) is 25.5 Å². The van der Waals surface area contributed by atoms with E-state index in [0.717, 1.165) is 5.56 Å². The molecule has 1 aromatic heterocycles. The van der Waals surface area contributed by atoms with Gasteiger partial charge < -0.3 is 10.1 Å². The minimum Gasteiger partial charge on any atom is -0.465 e. The van der Waals surface area contributed by atoms with Crippen LogP contribution in [0.15, 0.2) is 48.5 Å². The monoisotopic (exact) mass is 357 g/mol. The number of nitrogens with one attached hydrogen (secondary N) is 1. The number of carbonyl (C=O) groups excluding carboxylic acids is 1. The molecule has 25 heavy (non-hydrogen) atoms. The van der Waals surface area contributed by atoms with Crippen LogP contribution in [0.25, 0.3) is 5.69 Å². The Morgan fingerprint density at radius 1 is 1.20 bits per heavy atom. The molecule has 3 aromatic rings. The van der Waals surface area contributed by atoms with E-state index >= 15 is 0 Å². The Balaban J connectivity index is 2.09. The Kier molecular flexibility index (Phi) is 5.06. The fraction of sp³-hybridized carbons (Fsp3) is 0.176. The number of rotatable bonds is 5. The third-order valence-electron chi connectivity index (χ3n) is 3.78. The van der Waals surface area contributed by atoms with E-state index in [-0.39, 0.29) is 6.04 Å². The molecule has 0 aliphatic rings. The minimum atomic E-state index is -0.454. The normalized spacial score (nSPS) is 12.0. The molecule has 0 unspecified atom stereocenters. The molecule has 0 saturated carbocycles. The molecule has 3 rings (SSSR count). The van der Waals surface area contributed by atoms with Crippen LogP contribution in [0.1, 0.15) is 27.8 Å². The molecule has 128 valence electrons. The van der Waals surface area contributed by atoms with Gasteiger partial charge in [-0.3, -0.25) is 0 Å². The van der Waals surface area contributed by atoms with E-state index in [9.17, 15) is 4.79 Å². The molecular formula is C17H16ClN5O2. The molecule has 0 aliphatic heterocycles. The van der Waals surface area contributed by atoms with Gasteiger partial charge in [-0.2, -0.15) is 4.68 Å². The van der Waals surface area contributed by atoms with Crippen LogP contribution in [-0.2, 0) is 4.74 Å². The van der Waals surface area contributed by atoms with Crippen LogP contribution in [0, 0.1) is 0 Å². The molecule has 0 saturated heterocycles. The molecule has 0 bridgehead atoms. The first-order valence-electron chi connectivity index (χ1n) is 7.54. The van der Waals surface area contributed by atoms with Crippen molar-refractivity contribution in [3.8, 4) is 5.69 Å². The Morgan fingerprint density at radius 2 is 1.92 bits per heavy atom. The molecule has 1 N–H and O–H groups in total. The number of tetrazole rings is 1. The highest BCUT2D eigenvalue weighted by atomic mass is 35.5. The summed E-state index contributed by atoms with van der Waals surface area (Å²) in [5.74, 6) is 0.0886. The van der Waals surface area contributed by atoms with Gasteiger partial charge in [0.1, 0.15) is 0 Å². The van der Waals surface area contributed by atoms with Crippen molar-refractivity contribution in [3.05, 3.63) is 70.5 Å². The summed E-state index contributed by atoms with van der Waals surface area (Å²) in [5, 5.41) is 15.8. The van der Waals surface area contributed by atoms with E-state index in [1.165, 1.54) is 11.8 Å². The summed E-state index contributed by atoms with van der Waals surface area (Å²) in [6, 6.07) is 14.1. The highest BCUT2D eigenvalue weighted by molar-refractivity contribution is 6.30. The number of methoxy groups -OCH3 is 1. The zero-order valence-corrected chi connectivity index (χ0v) is 14.4. The van der Waals surface area contributed by atoms with Gasteiger partial charge in [0.2, 0.25) is 0 Å². The molecule has 1 atom stereocenters. The maximum absolute atomic E-state index is 12.1. The fourth-order valence-corrected chi connectivity index (χ4v) is 2.71. The number of ether oxygens (including phenoxy) is 1. The molecule has 0 radical (unpaired) electrons. The topological polar surface area (TPSA) is 81.9 Å². The Hall–Kier alpha value is -2.77.